The molecule has 4 nitrogen and oxygen atoms in total. The normalized spacial score (nSPS) is 16.4. The van der Waals surface area contributed by atoms with Crippen LogP contribution in [0.15, 0.2) is 95.0 Å². The lowest BCUT2D eigenvalue weighted by molar-refractivity contribution is -0.115. The van der Waals surface area contributed by atoms with Gasteiger partial charge in [-0.05, 0) is 47.7 Å². The van der Waals surface area contributed by atoms with Crippen LogP contribution in [0.25, 0.3) is 17.0 Å². The summed E-state index contributed by atoms with van der Waals surface area (Å²) >= 11 is 7.37. The SMILES string of the molecule is O=C1NC(=Nc2cccc(Cl)c2)S/C1=C\c1cn(Cc2ccccc2)c2ccccc12. The number of nitrogens with zero attached hydrogens (tertiary/aromatic N) is 2. The molecule has 5 rings (SSSR count). The van der Waals surface area contributed by atoms with Crippen molar-refractivity contribution in [3.8, 4) is 0 Å². The molecule has 1 N–H and O–H groups in total. The van der Waals surface area contributed by atoms with Crippen LogP contribution in [0.2, 0.25) is 5.02 Å². The van der Waals surface area contributed by atoms with E-state index in [9.17, 15) is 4.79 Å². The molecular weight excluding hydrogens is 426 g/mol. The van der Waals surface area contributed by atoms with Gasteiger partial charge in [-0.25, -0.2) is 4.99 Å². The molecule has 0 bridgehead atoms. The van der Waals surface area contributed by atoms with E-state index in [2.05, 4.69) is 45.3 Å². The van der Waals surface area contributed by atoms with Crippen LogP contribution in [0, 0.1) is 0 Å². The minimum atomic E-state index is -0.148. The zero-order chi connectivity index (χ0) is 21.2. The molecule has 1 aromatic heterocycles. The molecule has 0 saturated carbocycles. The van der Waals surface area contributed by atoms with Crippen LogP contribution in [0.1, 0.15) is 11.1 Å². The highest BCUT2D eigenvalue weighted by atomic mass is 35.5. The van der Waals surface area contributed by atoms with E-state index in [0.717, 1.165) is 23.0 Å². The molecule has 4 aromatic rings. The number of carbonyl (C=O) groups is 1. The van der Waals surface area contributed by atoms with Crippen molar-refractivity contribution in [3.05, 3.63) is 106 Å². The number of halogens is 1. The second-order valence-corrected chi connectivity index (χ2v) is 8.64. The average Bonchev–Trinajstić information content (AvgIpc) is 3.29. The molecule has 1 aliphatic heterocycles. The highest BCUT2D eigenvalue weighted by Crippen LogP contribution is 2.31. The number of amidine groups is 1. The van der Waals surface area contributed by atoms with Crippen molar-refractivity contribution in [1.82, 2.24) is 9.88 Å². The maximum atomic E-state index is 12.6. The number of hydrogen-bond donors (Lipinski definition) is 1. The van der Waals surface area contributed by atoms with Crippen LogP contribution < -0.4 is 5.32 Å². The van der Waals surface area contributed by atoms with E-state index >= 15 is 0 Å². The molecule has 152 valence electrons. The Hall–Kier alpha value is -3.28. The van der Waals surface area contributed by atoms with E-state index in [-0.39, 0.29) is 5.91 Å². The van der Waals surface area contributed by atoms with Gasteiger partial charge in [0.25, 0.3) is 5.91 Å². The lowest BCUT2D eigenvalue weighted by Gasteiger charge is -2.05. The van der Waals surface area contributed by atoms with E-state index in [4.69, 9.17) is 11.6 Å². The molecule has 6 heteroatoms. The fourth-order valence-corrected chi connectivity index (χ4v) is 4.60. The number of para-hydroxylation sites is 1. The van der Waals surface area contributed by atoms with Gasteiger partial charge in [0.1, 0.15) is 0 Å². The molecule has 2 heterocycles. The lowest BCUT2D eigenvalue weighted by atomic mass is 10.1. The van der Waals surface area contributed by atoms with Crippen molar-refractivity contribution in [3.63, 3.8) is 0 Å². The summed E-state index contributed by atoms with van der Waals surface area (Å²) in [6.45, 7) is 0.769. The molecule has 3 aromatic carbocycles. The lowest BCUT2D eigenvalue weighted by Crippen LogP contribution is -2.19. The molecule has 1 saturated heterocycles. The van der Waals surface area contributed by atoms with Crippen LogP contribution in [0.3, 0.4) is 0 Å². The highest BCUT2D eigenvalue weighted by molar-refractivity contribution is 8.18. The zero-order valence-electron chi connectivity index (χ0n) is 16.5. The third-order valence-electron chi connectivity index (χ3n) is 4.99. The summed E-state index contributed by atoms with van der Waals surface area (Å²) < 4.78 is 2.22. The van der Waals surface area contributed by atoms with Gasteiger partial charge in [0.2, 0.25) is 0 Å². The molecule has 31 heavy (non-hydrogen) atoms. The smallest absolute Gasteiger partial charge is 0.264 e. The first-order valence-corrected chi connectivity index (χ1v) is 11.0. The largest absolute Gasteiger partial charge is 0.342 e. The van der Waals surface area contributed by atoms with Gasteiger partial charge in [0.05, 0.1) is 10.6 Å². The number of amides is 1. The van der Waals surface area contributed by atoms with Gasteiger partial charge in [-0.1, -0.05) is 66.2 Å². The Bertz CT molecular complexity index is 1340. The maximum Gasteiger partial charge on any atom is 0.264 e. The first-order valence-electron chi connectivity index (χ1n) is 9.83. The number of benzene rings is 3. The van der Waals surface area contributed by atoms with Gasteiger partial charge in [-0.3, -0.25) is 4.79 Å². The van der Waals surface area contributed by atoms with E-state index in [1.807, 2.05) is 48.5 Å². The molecule has 1 amide bonds. The summed E-state index contributed by atoms with van der Waals surface area (Å²) in [6.07, 6.45) is 4.04. The van der Waals surface area contributed by atoms with Crippen LogP contribution in [-0.4, -0.2) is 15.6 Å². The van der Waals surface area contributed by atoms with Gasteiger partial charge in [0, 0.05) is 34.2 Å². The standard InChI is InChI=1S/C25H18ClN3OS/c26-19-9-6-10-20(14-19)27-25-28-24(30)23(31-25)13-18-16-29(15-17-7-2-1-3-8-17)22-12-5-4-11-21(18)22/h1-14,16H,15H2,(H,27,28,30)/b23-13-. The summed E-state index contributed by atoms with van der Waals surface area (Å²) in [6, 6.07) is 25.8. The summed E-state index contributed by atoms with van der Waals surface area (Å²) in [5.41, 5.74) is 4.07. The van der Waals surface area contributed by atoms with Crippen molar-refractivity contribution in [2.45, 2.75) is 6.54 Å². The molecule has 0 atom stereocenters. The van der Waals surface area contributed by atoms with Crippen molar-refractivity contribution in [2.75, 3.05) is 0 Å². The average molecular weight is 444 g/mol. The second-order valence-electron chi connectivity index (χ2n) is 7.18. The van der Waals surface area contributed by atoms with Crippen LogP contribution in [0.5, 0.6) is 0 Å². The van der Waals surface area contributed by atoms with E-state index in [1.165, 1.54) is 17.3 Å². The summed E-state index contributed by atoms with van der Waals surface area (Å²) in [4.78, 5) is 17.7. The van der Waals surface area contributed by atoms with Crippen LogP contribution in [-0.2, 0) is 11.3 Å². The first kappa shape index (κ1) is 19.7. The van der Waals surface area contributed by atoms with Gasteiger partial charge >= 0.3 is 0 Å². The molecule has 0 radical (unpaired) electrons. The van der Waals surface area contributed by atoms with Crippen molar-refractivity contribution in [1.29, 1.82) is 0 Å². The molecule has 1 fully saturated rings. The van der Waals surface area contributed by atoms with Crippen molar-refractivity contribution >= 4 is 57.1 Å². The number of aromatic nitrogens is 1. The van der Waals surface area contributed by atoms with Crippen LogP contribution >= 0.6 is 23.4 Å². The predicted molar refractivity (Wildman–Crippen MR) is 130 cm³/mol. The number of thioether (sulfide) groups is 1. The van der Waals surface area contributed by atoms with E-state index in [1.54, 1.807) is 12.1 Å². The number of aliphatic imine (C=N–C) groups is 1. The van der Waals surface area contributed by atoms with Gasteiger partial charge in [-0.2, -0.15) is 0 Å². The number of rotatable bonds is 4. The van der Waals surface area contributed by atoms with Crippen LogP contribution in [0.4, 0.5) is 5.69 Å². The summed E-state index contributed by atoms with van der Waals surface area (Å²) in [7, 11) is 0. The molecular formula is C25H18ClN3OS. The Morgan fingerprint density at radius 3 is 2.65 bits per heavy atom. The predicted octanol–water partition coefficient (Wildman–Crippen LogP) is 6.23. The monoisotopic (exact) mass is 443 g/mol. The fraction of sp³-hybridized carbons (Fsp3) is 0.0400. The summed E-state index contributed by atoms with van der Waals surface area (Å²) in [5, 5.41) is 5.11. The quantitative estimate of drug-likeness (QED) is 0.380. The van der Waals surface area contributed by atoms with Gasteiger partial charge < -0.3 is 9.88 Å². The Kier molecular flexibility index (Phi) is 5.37. The highest BCUT2D eigenvalue weighted by Gasteiger charge is 2.24. The van der Waals surface area contributed by atoms with E-state index in [0.29, 0.717) is 20.8 Å². The molecule has 0 spiro atoms. The number of carbonyl (C=O) groups excluding carboxylic acids is 1. The molecule has 0 unspecified atom stereocenters. The molecule has 0 aliphatic carbocycles. The Morgan fingerprint density at radius 1 is 1.00 bits per heavy atom. The third kappa shape index (κ3) is 4.29. The summed E-state index contributed by atoms with van der Waals surface area (Å²) in [5.74, 6) is -0.148. The molecule has 1 aliphatic rings. The minimum absolute atomic E-state index is 0.148. The number of fused-ring (bicyclic) bond motifs is 1. The zero-order valence-corrected chi connectivity index (χ0v) is 18.0. The van der Waals surface area contributed by atoms with Gasteiger partial charge in [0.15, 0.2) is 5.17 Å². The first-order chi connectivity index (χ1) is 15.2. The second kappa shape index (κ2) is 8.46. The van der Waals surface area contributed by atoms with E-state index < -0.39 is 0 Å². The van der Waals surface area contributed by atoms with Crippen molar-refractivity contribution < 1.29 is 4.79 Å². The Morgan fingerprint density at radius 2 is 1.81 bits per heavy atom. The topological polar surface area (TPSA) is 46.4 Å². The fourth-order valence-electron chi connectivity index (χ4n) is 3.59. The maximum absolute atomic E-state index is 12.6. The van der Waals surface area contributed by atoms with Gasteiger partial charge in [-0.15, -0.1) is 0 Å². The Balaban J connectivity index is 1.48. The number of hydrogen-bond acceptors (Lipinski definition) is 3. The van der Waals surface area contributed by atoms with Crippen molar-refractivity contribution in [2.24, 2.45) is 4.99 Å². The number of nitrogens with one attached hydrogen (secondary N) is 1. The Labute approximate surface area is 189 Å². The minimum Gasteiger partial charge on any atom is -0.342 e. The third-order valence-corrected chi connectivity index (χ3v) is 6.14.